The Morgan fingerprint density at radius 1 is 1.48 bits per heavy atom. The molecule has 0 aromatic carbocycles. The SMILES string of the molecule is NCC1CC(NC(=O)c2cccn3nccc23)C12CCC2. The molecule has 4 rings (SSSR count). The minimum atomic E-state index is 0.00727. The molecule has 1 amide bonds. The highest BCUT2D eigenvalue weighted by atomic mass is 16.1. The van der Waals surface area contributed by atoms with Crippen molar-refractivity contribution < 1.29 is 4.79 Å². The monoisotopic (exact) mass is 284 g/mol. The molecule has 0 radical (unpaired) electrons. The Hall–Kier alpha value is -1.88. The van der Waals surface area contributed by atoms with E-state index in [9.17, 15) is 4.79 Å². The first-order valence-electron chi connectivity index (χ1n) is 7.68. The Kier molecular flexibility index (Phi) is 2.79. The van der Waals surface area contributed by atoms with Gasteiger partial charge in [0.05, 0.1) is 17.3 Å². The molecule has 2 atom stereocenters. The number of nitrogens with two attached hydrogens (primary N) is 1. The fourth-order valence-electron chi connectivity index (χ4n) is 4.13. The van der Waals surface area contributed by atoms with Gasteiger partial charge in [0.2, 0.25) is 0 Å². The lowest BCUT2D eigenvalue weighted by Gasteiger charge is -2.61. The minimum absolute atomic E-state index is 0.00727. The second-order valence-electron chi connectivity index (χ2n) is 6.36. The summed E-state index contributed by atoms with van der Waals surface area (Å²) in [4.78, 5) is 12.6. The van der Waals surface area contributed by atoms with Crippen LogP contribution in [0.1, 0.15) is 36.0 Å². The van der Waals surface area contributed by atoms with Crippen LogP contribution in [0.5, 0.6) is 0 Å². The van der Waals surface area contributed by atoms with E-state index >= 15 is 0 Å². The molecule has 110 valence electrons. The second kappa shape index (κ2) is 4.56. The molecule has 2 aromatic rings. The maximum Gasteiger partial charge on any atom is 0.253 e. The highest BCUT2D eigenvalue weighted by molar-refractivity contribution is 6.00. The van der Waals surface area contributed by atoms with Gasteiger partial charge in [-0.25, -0.2) is 4.52 Å². The maximum atomic E-state index is 12.6. The molecule has 5 nitrogen and oxygen atoms in total. The normalized spacial score (nSPS) is 26.3. The Morgan fingerprint density at radius 3 is 3.05 bits per heavy atom. The minimum Gasteiger partial charge on any atom is -0.349 e. The lowest BCUT2D eigenvalue weighted by atomic mass is 9.47. The van der Waals surface area contributed by atoms with E-state index in [1.165, 1.54) is 19.3 Å². The molecule has 2 unspecified atom stereocenters. The average Bonchev–Trinajstić information content (AvgIpc) is 2.89. The lowest BCUT2D eigenvalue weighted by molar-refractivity contribution is -0.0798. The summed E-state index contributed by atoms with van der Waals surface area (Å²) >= 11 is 0. The van der Waals surface area contributed by atoms with Gasteiger partial charge in [0.15, 0.2) is 0 Å². The number of amides is 1. The molecule has 0 bridgehead atoms. The van der Waals surface area contributed by atoms with Crippen molar-refractivity contribution in [3.8, 4) is 0 Å². The third kappa shape index (κ3) is 1.73. The number of carbonyl (C=O) groups is 1. The molecular formula is C16H20N4O. The van der Waals surface area contributed by atoms with E-state index in [1.807, 2.05) is 24.4 Å². The molecule has 0 saturated heterocycles. The first kappa shape index (κ1) is 12.8. The van der Waals surface area contributed by atoms with Crippen molar-refractivity contribution in [3.05, 3.63) is 36.2 Å². The predicted octanol–water partition coefficient (Wildman–Crippen LogP) is 1.58. The second-order valence-corrected chi connectivity index (χ2v) is 6.36. The van der Waals surface area contributed by atoms with E-state index in [2.05, 4.69) is 10.4 Å². The van der Waals surface area contributed by atoms with Crippen LogP contribution in [-0.2, 0) is 0 Å². The third-order valence-electron chi connectivity index (χ3n) is 5.58. The zero-order chi connectivity index (χ0) is 14.4. The van der Waals surface area contributed by atoms with Gasteiger partial charge in [-0.05, 0) is 55.3 Å². The summed E-state index contributed by atoms with van der Waals surface area (Å²) in [5.74, 6) is 0.593. The summed E-state index contributed by atoms with van der Waals surface area (Å²) in [5.41, 5.74) is 7.70. The van der Waals surface area contributed by atoms with Crippen LogP contribution in [0.25, 0.3) is 5.52 Å². The molecule has 21 heavy (non-hydrogen) atoms. The Morgan fingerprint density at radius 2 is 2.33 bits per heavy atom. The summed E-state index contributed by atoms with van der Waals surface area (Å²) in [6.07, 6.45) is 8.26. The molecule has 3 N–H and O–H groups in total. The van der Waals surface area contributed by atoms with Crippen molar-refractivity contribution in [3.63, 3.8) is 0 Å². The third-order valence-corrected chi connectivity index (χ3v) is 5.58. The number of hydrogen-bond donors (Lipinski definition) is 2. The lowest BCUT2D eigenvalue weighted by Crippen LogP contribution is -2.65. The zero-order valence-electron chi connectivity index (χ0n) is 12.0. The van der Waals surface area contributed by atoms with Crippen molar-refractivity contribution in [1.29, 1.82) is 0 Å². The van der Waals surface area contributed by atoms with Crippen LogP contribution >= 0.6 is 0 Å². The molecule has 2 aromatic heterocycles. The molecular weight excluding hydrogens is 264 g/mol. The molecule has 1 spiro atoms. The molecule has 2 aliphatic carbocycles. The molecule has 0 aliphatic heterocycles. The summed E-state index contributed by atoms with van der Waals surface area (Å²) in [7, 11) is 0. The summed E-state index contributed by atoms with van der Waals surface area (Å²) in [6.45, 7) is 0.741. The highest BCUT2D eigenvalue weighted by Gasteiger charge is 2.57. The van der Waals surface area contributed by atoms with Crippen molar-refractivity contribution in [2.75, 3.05) is 6.54 Å². The van der Waals surface area contributed by atoms with Crippen LogP contribution in [-0.4, -0.2) is 28.1 Å². The van der Waals surface area contributed by atoms with Crippen molar-refractivity contribution in [2.45, 2.75) is 31.7 Å². The van der Waals surface area contributed by atoms with Gasteiger partial charge in [0.25, 0.3) is 5.91 Å². The van der Waals surface area contributed by atoms with Gasteiger partial charge in [-0.1, -0.05) is 6.42 Å². The Bertz CT molecular complexity index is 688. The van der Waals surface area contributed by atoms with Gasteiger partial charge in [-0.15, -0.1) is 0 Å². The highest BCUT2D eigenvalue weighted by Crippen LogP contribution is 2.59. The van der Waals surface area contributed by atoms with Gasteiger partial charge in [0.1, 0.15) is 0 Å². The Labute approximate surface area is 123 Å². The molecule has 2 heterocycles. The van der Waals surface area contributed by atoms with E-state index in [4.69, 9.17) is 5.73 Å². The van der Waals surface area contributed by atoms with Crippen LogP contribution in [0, 0.1) is 11.3 Å². The largest absolute Gasteiger partial charge is 0.349 e. The number of hydrogen-bond acceptors (Lipinski definition) is 3. The number of pyridine rings is 1. The van der Waals surface area contributed by atoms with Gasteiger partial charge in [0, 0.05) is 12.2 Å². The molecule has 2 fully saturated rings. The van der Waals surface area contributed by atoms with Gasteiger partial charge in [-0.2, -0.15) is 5.10 Å². The van der Waals surface area contributed by atoms with Crippen LogP contribution < -0.4 is 11.1 Å². The number of fused-ring (bicyclic) bond motifs is 1. The van der Waals surface area contributed by atoms with Crippen molar-refractivity contribution >= 4 is 11.4 Å². The van der Waals surface area contributed by atoms with E-state index in [1.54, 1.807) is 10.7 Å². The summed E-state index contributed by atoms with van der Waals surface area (Å²) < 4.78 is 1.73. The quantitative estimate of drug-likeness (QED) is 0.899. The topological polar surface area (TPSA) is 72.4 Å². The van der Waals surface area contributed by atoms with Crippen molar-refractivity contribution in [2.24, 2.45) is 17.1 Å². The fourth-order valence-corrected chi connectivity index (χ4v) is 4.13. The standard InChI is InChI=1S/C16H20N4O/c17-10-11-9-14(16(11)5-2-6-16)19-15(21)12-3-1-8-20-13(12)4-7-18-20/h1,3-4,7-8,11,14H,2,5-6,9-10,17H2,(H,19,21). The smallest absolute Gasteiger partial charge is 0.253 e. The van der Waals surface area contributed by atoms with Gasteiger partial charge < -0.3 is 11.1 Å². The van der Waals surface area contributed by atoms with E-state index < -0.39 is 0 Å². The van der Waals surface area contributed by atoms with Crippen molar-refractivity contribution in [1.82, 2.24) is 14.9 Å². The first-order valence-corrected chi connectivity index (χ1v) is 7.68. The van der Waals surface area contributed by atoms with E-state index in [-0.39, 0.29) is 17.4 Å². The van der Waals surface area contributed by atoms with Crippen LogP contribution in [0.4, 0.5) is 0 Å². The van der Waals surface area contributed by atoms with E-state index in [0.29, 0.717) is 11.5 Å². The average molecular weight is 284 g/mol. The number of aromatic nitrogens is 2. The van der Waals surface area contributed by atoms with Crippen LogP contribution in [0.2, 0.25) is 0 Å². The molecule has 5 heteroatoms. The number of nitrogens with one attached hydrogen (secondary N) is 1. The fraction of sp³-hybridized carbons (Fsp3) is 0.500. The molecule has 2 saturated carbocycles. The number of rotatable bonds is 3. The van der Waals surface area contributed by atoms with Gasteiger partial charge >= 0.3 is 0 Å². The number of nitrogens with zero attached hydrogens (tertiary/aromatic N) is 2. The molecule has 2 aliphatic rings. The number of carbonyl (C=O) groups excluding carboxylic acids is 1. The van der Waals surface area contributed by atoms with E-state index in [0.717, 1.165) is 18.5 Å². The maximum absolute atomic E-state index is 12.6. The predicted molar refractivity (Wildman–Crippen MR) is 79.9 cm³/mol. The summed E-state index contributed by atoms with van der Waals surface area (Å²) in [5, 5.41) is 7.41. The zero-order valence-corrected chi connectivity index (χ0v) is 12.0. The first-order chi connectivity index (χ1) is 10.2. The van der Waals surface area contributed by atoms with Crippen LogP contribution in [0.3, 0.4) is 0 Å². The van der Waals surface area contributed by atoms with Gasteiger partial charge in [-0.3, -0.25) is 4.79 Å². The Balaban J connectivity index is 1.55. The van der Waals surface area contributed by atoms with Crippen LogP contribution in [0.15, 0.2) is 30.6 Å². The summed E-state index contributed by atoms with van der Waals surface area (Å²) in [6, 6.07) is 5.88.